The molecular weight excluding hydrogens is 252 g/mol. The molecule has 0 spiro atoms. The number of benzene rings is 1. The highest BCUT2D eigenvalue weighted by molar-refractivity contribution is 6.31. The number of anilines is 2. The summed E-state index contributed by atoms with van der Waals surface area (Å²) in [6.45, 7) is 2.05. The lowest BCUT2D eigenvalue weighted by Gasteiger charge is -2.08. The van der Waals surface area contributed by atoms with Crippen LogP contribution < -0.4 is 11.1 Å². The maximum Gasteiger partial charge on any atom is 0.246 e. The SMILES string of the molecule is Cc1cnn(CC(=O)Nc2cc(Cl)ccc2N)c1. The van der Waals surface area contributed by atoms with Crippen LogP contribution in [0.25, 0.3) is 0 Å². The van der Waals surface area contributed by atoms with Gasteiger partial charge in [0, 0.05) is 11.2 Å². The third-order valence-electron chi connectivity index (χ3n) is 2.36. The van der Waals surface area contributed by atoms with Crippen LogP contribution in [-0.2, 0) is 11.3 Å². The van der Waals surface area contributed by atoms with Crippen molar-refractivity contribution >= 4 is 28.9 Å². The molecule has 0 saturated heterocycles. The number of amides is 1. The monoisotopic (exact) mass is 264 g/mol. The van der Waals surface area contributed by atoms with Crippen LogP contribution in [0.3, 0.4) is 0 Å². The molecule has 3 N–H and O–H groups in total. The number of nitrogen functional groups attached to an aromatic ring is 1. The van der Waals surface area contributed by atoms with E-state index in [4.69, 9.17) is 17.3 Å². The molecule has 2 rings (SSSR count). The van der Waals surface area contributed by atoms with E-state index in [1.165, 1.54) is 0 Å². The van der Waals surface area contributed by atoms with Crippen molar-refractivity contribution < 1.29 is 4.79 Å². The van der Waals surface area contributed by atoms with Crippen molar-refractivity contribution in [3.63, 3.8) is 0 Å². The van der Waals surface area contributed by atoms with Crippen molar-refractivity contribution in [2.24, 2.45) is 0 Å². The normalized spacial score (nSPS) is 10.3. The smallest absolute Gasteiger partial charge is 0.246 e. The summed E-state index contributed by atoms with van der Waals surface area (Å²) in [6.07, 6.45) is 3.49. The standard InChI is InChI=1S/C12H13ClN4O/c1-8-5-15-17(6-8)7-12(18)16-11-4-9(13)2-3-10(11)14/h2-6H,7,14H2,1H3,(H,16,18). The van der Waals surface area contributed by atoms with Crippen molar-refractivity contribution in [3.8, 4) is 0 Å². The second-order valence-corrected chi connectivity index (χ2v) is 4.43. The lowest BCUT2D eigenvalue weighted by Crippen LogP contribution is -2.19. The average molecular weight is 265 g/mol. The summed E-state index contributed by atoms with van der Waals surface area (Å²) < 4.78 is 1.56. The van der Waals surface area contributed by atoms with Crippen molar-refractivity contribution in [1.82, 2.24) is 9.78 Å². The highest BCUT2D eigenvalue weighted by atomic mass is 35.5. The fourth-order valence-corrected chi connectivity index (χ4v) is 1.70. The molecular formula is C12H13ClN4O. The summed E-state index contributed by atoms with van der Waals surface area (Å²) in [5, 5.41) is 7.26. The van der Waals surface area contributed by atoms with Gasteiger partial charge in [0.25, 0.3) is 0 Å². The fourth-order valence-electron chi connectivity index (χ4n) is 1.53. The maximum absolute atomic E-state index is 11.8. The Morgan fingerprint density at radius 2 is 2.33 bits per heavy atom. The number of hydrogen-bond acceptors (Lipinski definition) is 3. The van der Waals surface area contributed by atoms with Crippen LogP contribution in [0, 0.1) is 6.92 Å². The van der Waals surface area contributed by atoms with E-state index in [1.807, 2.05) is 6.92 Å². The Balaban J connectivity index is 2.05. The Labute approximate surface area is 110 Å². The number of aryl methyl sites for hydroxylation is 1. The number of hydrogen-bond donors (Lipinski definition) is 2. The lowest BCUT2D eigenvalue weighted by molar-refractivity contribution is -0.116. The van der Waals surface area contributed by atoms with Gasteiger partial charge in [-0.1, -0.05) is 11.6 Å². The molecule has 1 aromatic carbocycles. The van der Waals surface area contributed by atoms with Gasteiger partial charge in [0.15, 0.2) is 0 Å². The van der Waals surface area contributed by atoms with Gasteiger partial charge in [-0.15, -0.1) is 0 Å². The number of nitrogens with two attached hydrogens (primary N) is 1. The van der Waals surface area contributed by atoms with Gasteiger partial charge in [-0.2, -0.15) is 5.10 Å². The number of nitrogens with one attached hydrogen (secondary N) is 1. The Bertz CT molecular complexity index is 579. The lowest BCUT2D eigenvalue weighted by atomic mass is 10.2. The zero-order valence-electron chi connectivity index (χ0n) is 9.85. The summed E-state index contributed by atoms with van der Waals surface area (Å²) in [5.41, 5.74) is 7.73. The van der Waals surface area contributed by atoms with E-state index in [2.05, 4.69) is 10.4 Å². The molecule has 0 atom stereocenters. The summed E-state index contributed by atoms with van der Waals surface area (Å²) in [7, 11) is 0. The molecule has 5 nitrogen and oxygen atoms in total. The summed E-state index contributed by atoms with van der Waals surface area (Å²) >= 11 is 5.84. The Kier molecular flexibility index (Phi) is 3.53. The molecule has 1 amide bonds. The summed E-state index contributed by atoms with van der Waals surface area (Å²) in [4.78, 5) is 11.8. The van der Waals surface area contributed by atoms with E-state index in [0.29, 0.717) is 16.4 Å². The quantitative estimate of drug-likeness (QED) is 0.834. The molecule has 0 aliphatic rings. The number of aromatic nitrogens is 2. The molecule has 0 fully saturated rings. The second kappa shape index (κ2) is 5.10. The van der Waals surface area contributed by atoms with Gasteiger partial charge >= 0.3 is 0 Å². The van der Waals surface area contributed by atoms with Crippen molar-refractivity contribution in [2.45, 2.75) is 13.5 Å². The van der Waals surface area contributed by atoms with Crippen molar-refractivity contribution in [2.75, 3.05) is 11.1 Å². The first-order chi connectivity index (χ1) is 8.54. The summed E-state index contributed by atoms with van der Waals surface area (Å²) in [6, 6.07) is 4.93. The molecule has 0 aliphatic carbocycles. The topological polar surface area (TPSA) is 72.9 Å². The predicted molar refractivity (Wildman–Crippen MR) is 71.5 cm³/mol. The molecule has 94 valence electrons. The summed E-state index contributed by atoms with van der Waals surface area (Å²) in [5.74, 6) is -0.202. The van der Waals surface area contributed by atoms with E-state index in [1.54, 1.807) is 35.3 Å². The molecule has 0 radical (unpaired) electrons. The minimum absolute atomic E-state index is 0.139. The zero-order valence-corrected chi connectivity index (χ0v) is 10.6. The minimum atomic E-state index is -0.202. The van der Waals surface area contributed by atoms with Gasteiger partial charge < -0.3 is 11.1 Å². The van der Waals surface area contributed by atoms with Crippen LogP contribution >= 0.6 is 11.6 Å². The number of carbonyl (C=O) groups is 1. The third-order valence-corrected chi connectivity index (χ3v) is 2.59. The molecule has 18 heavy (non-hydrogen) atoms. The number of rotatable bonds is 3. The fraction of sp³-hybridized carbons (Fsp3) is 0.167. The Hall–Kier alpha value is -2.01. The van der Waals surface area contributed by atoms with Crippen LogP contribution in [-0.4, -0.2) is 15.7 Å². The molecule has 2 aromatic rings. The van der Waals surface area contributed by atoms with E-state index >= 15 is 0 Å². The highest BCUT2D eigenvalue weighted by Crippen LogP contribution is 2.22. The first-order valence-electron chi connectivity index (χ1n) is 5.38. The number of nitrogens with zero attached hydrogens (tertiary/aromatic N) is 2. The van der Waals surface area contributed by atoms with E-state index < -0.39 is 0 Å². The minimum Gasteiger partial charge on any atom is -0.397 e. The zero-order chi connectivity index (χ0) is 13.1. The van der Waals surface area contributed by atoms with Gasteiger partial charge in [-0.3, -0.25) is 9.48 Å². The second-order valence-electron chi connectivity index (χ2n) is 4.00. The Morgan fingerprint density at radius 1 is 1.56 bits per heavy atom. The highest BCUT2D eigenvalue weighted by Gasteiger charge is 2.07. The molecule has 0 unspecified atom stereocenters. The third kappa shape index (κ3) is 3.01. The van der Waals surface area contributed by atoms with Gasteiger partial charge in [0.1, 0.15) is 6.54 Å². The van der Waals surface area contributed by atoms with E-state index in [-0.39, 0.29) is 12.5 Å². The molecule has 1 heterocycles. The van der Waals surface area contributed by atoms with E-state index in [9.17, 15) is 4.79 Å². The van der Waals surface area contributed by atoms with E-state index in [0.717, 1.165) is 5.56 Å². The molecule has 0 aliphatic heterocycles. The van der Waals surface area contributed by atoms with Crippen LogP contribution in [0.5, 0.6) is 0 Å². The van der Waals surface area contributed by atoms with Gasteiger partial charge in [0.05, 0.1) is 17.6 Å². The van der Waals surface area contributed by atoms with Gasteiger partial charge in [-0.05, 0) is 30.7 Å². The van der Waals surface area contributed by atoms with Crippen LogP contribution in [0.4, 0.5) is 11.4 Å². The molecule has 6 heteroatoms. The molecule has 0 bridgehead atoms. The molecule has 0 saturated carbocycles. The predicted octanol–water partition coefficient (Wildman–Crippen LogP) is 2.07. The molecule has 1 aromatic heterocycles. The largest absolute Gasteiger partial charge is 0.397 e. The number of halogens is 1. The number of carbonyl (C=O) groups excluding carboxylic acids is 1. The average Bonchev–Trinajstić information content (AvgIpc) is 2.69. The van der Waals surface area contributed by atoms with Crippen LogP contribution in [0.2, 0.25) is 5.02 Å². The Morgan fingerprint density at radius 3 is 3.00 bits per heavy atom. The first kappa shape index (κ1) is 12.4. The van der Waals surface area contributed by atoms with Crippen molar-refractivity contribution in [3.05, 3.63) is 41.2 Å². The van der Waals surface area contributed by atoms with Crippen molar-refractivity contribution in [1.29, 1.82) is 0 Å². The van der Waals surface area contributed by atoms with Gasteiger partial charge in [0.2, 0.25) is 5.91 Å². The van der Waals surface area contributed by atoms with Gasteiger partial charge in [-0.25, -0.2) is 0 Å². The van der Waals surface area contributed by atoms with Crippen LogP contribution in [0.15, 0.2) is 30.6 Å². The maximum atomic E-state index is 11.8. The first-order valence-corrected chi connectivity index (χ1v) is 5.76. The van der Waals surface area contributed by atoms with Crippen LogP contribution in [0.1, 0.15) is 5.56 Å².